The smallest absolute Gasteiger partial charge is 0.411 e. The molecule has 31 heavy (non-hydrogen) atoms. The third-order valence-electron chi connectivity index (χ3n) is 4.13. The Morgan fingerprint density at radius 1 is 0.968 bits per heavy atom. The molecule has 0 spiro atoms. The summed E-state index contributed by atoms with van der Waals surface area (Å²) < 4.78 is 15.4. The highest BCUT2D eigenvalue weighted by atomic mass is 16.5. The van der Waals surface area contributed by atoms with Gasteiger partial charge in [-0.2, -0.15) is 0 Å². The molecule has 0 aliphatic rings. The zero-order chi connectivity index (χ0) is 22.4. The van der Waals surface area contributed by atoms with Crippen molar-refractivity contribution in [3.63, 3.8) is 0 Å². The molecule has 0 saturated carbocycles. The summed E-state index contributed by atoms with van der Waals surface area (Å²) in [7, 11) is 0. The van der Waals surface area contributed by atoms with E-state index in [1.807, 2.05) is 0 Å². The van der Waals surface area contributed by atoms with Crippen LogP contribution in [0, 0.1) is 0 Å². The first-order valence-electron chi connectivity index (χ1n) is 9.41. The van der Waals surface area contributed by atoms with Crippen LogP contribution in [0.5, 0.6) is 0 Å². The molecular formula is C22H20N2O7. The molecule has 9 heteroatoms. The molecule has 3 aromatic rings. The first-order chi connectivity index (χ1) is 14.9. The predicted molar refractivity (Wildman–Crippen MR) is 113 cm³/mol. The number of hydrogen-bond donors (Lipinski definition) is 2. The van der Waals surface area contributed by atoms with Gasteiger partial charge < -0.3 is 19.2 Å². The van der Waals surface area contributed by atoms with Crippen LogP contribution in [0.25, 0.3) is 11.0 Å². The van der Waals surface area contributed by atoms with Gasteiger partial charge in [0.1, 0.15) is 12.2 Å². The number of benzene rings is 2. The highest BCUT2D eigenvalue weighted by Crippen LogP contribution is 2.22. The van der Waals surface area contributed by atoms with Crippen LogP contribution in [-0.2, 0) is 20.9 Å². The summed E-state index contributed by atoms with van der Waals surface area (Å²) in [6.07, 6.45) is -0.629. The van der Waals surface area contributed by atoms with Crippen LogP contribution in [0.2, 0.25) is 0 Å². The van der Waals surface area contributed by atoms with Crippen LogP contribution < -0.4 is 16.3 Å². The second-order valence-electron chi connectivity index (χ2n) is 6.49. The zero-order valence-electron chi connectivity index (χ0n) is 16.9. The molecule has 3 rings (SSSR count). The van der Waals surface area contributed by atoms with Gasteiger partial charge in [0.15, 0.2) is 0 Å². The van der Waals surface area contributed by atoms with Gasteiger partial charge in [-0.05, 0) is 37.3 Å². The number of hydrogen-bond acceptors (Lipinski definition) is 7. The number of fused-ring (bicyclic) bond motifs is 1. The molecule has 0 atom stereocenters. The molecule has 0 radical (unpaired) electrons. The monoisotopic (exact) mass is 424 g/mol. The van der Waals surface area contributed by atoms with Crippen LogP contribution in [0.1, 0.15) is 29.8 Å². The van der Waals surface area contributed by atoms with Gasteiger partial charge in [0.25, 0.3) is 0 Å². The van der Waals surface area contributed by atoms with Gasteiger partial charge in [-0.1, -0.05) is 6.07 Å². The Kier molecular flexibility index (Phi) is 6.66. The minimum absolute atomic E-state index is 0.171. The SMILES string of the molecule is CCOC(=O)Nc1ccc2c(COC(=O)c3cccc(NC(C)=O)c3)cc(=O)oc2c1. The number of carbonyl (C=O) groups excluding carboxylic acids is 3. The zero-order valence-corrected chi connectivity index (χ0v) is 16.9. The average molecular weight is 424 g/mol. The topological polar surface area (TPSA) is 124 Å². The maximum atomic E-state index is 12.4. The number of ether oxygens (including phenoxy) is 2. The third kappa shape index (κ3) is 5.69. The van der Waals surface area contributed by atoms with Crippen molar-refractivity contribution in [2.45, 2.75) is 20.5 Å². The lowest BCUT2D eigenvalue weighted by molar-refractivity contribution is -0.114. The minimum atomic E-state index is -0.629. The van der Waals surface area contributed by atoms with Crippen LogP contribution >= 0.6 is 0 Å². The average Bonchev–Trinajstić information content (AvgIpc) is 2.71. The first kappa shape index (κ1) is 21.6. The summed E-state index contributed by atoms with van der Waals surface area (Å²) in [4.78, 5) is 47.1. The second kappa shape index (κ2) is 9.57. The van der Waals surface area contributed by atoms with Crippen molar-refractivity contribution in [1.82, 2.24) is 0 Å². The van der Waals surface area contributed by atoms with Crippen molar-refractivity contribution >= 4 is 40.3 Å². The predicted octanol–water partition coefficient (Wildman–Crippen LogP) is 3.68. The molecule has 0 bridgehead atoms. The van der Waals surface area contributed by atoms with Gasteiger partial charge in [0.2, 0.25) is 5.91 Å². The van der Waals surface area contributed by atoms with Gasteiger partial charge in [-0.3, -0.25) is 10.1 Å². The lowest BCUT2D eigenvalue weighted by Crippen LogP contribution is -2.13. The van der Waals surface area contributed by atoms with Crippen LogP contribution in [0.3, 0.4) is 0 Å². The molecule has 1 aromatic heterocycles. The normalized spacial score (nSPS) is 10.4. The standard InChI is InChI=1S/C22H20N2O7/c1-3-29-22(28)24-17-7-8-18-15(10-20(26)31-19(18)11-17)12-30-21(27)14-5-4-6-16(9-14)23-13(2)25/h4-11H,3,12H2,1-2H3,(H,23,25)(H,24,28). The molecule has 2 N–H and O–H groups in total. The van der Waals surface area contributed by atoms with E-state index >= 15 is 0 Å². The van der Waals surface area contributed by atoms with E-state index in [-0.39, 0.29) is 30.3 Å². The van der Waals surface area contributed by atoms with E-state index < -0.39 is 17.7 Å². The lowest BCUT2D eigenvalue weighted by Gasteiger charge is -2.10. The summed E-state index contributed by atoms with van der Waals surface area (Å²) in [5.74, 6) is -0.876. The van der Waals surface area contributed by atoms with E-state index in [0.717, 1.165) is 0 Å². The fourth-order valence-corrected chi connectivity index (χ4v) is 2.87. The van der Waals surface area contributed by atoms with E-state index in [9.17, 15) is 19.2 Å². The van der Waals surface area contributed by atoms with Gasteiger partial charge in [0.05, 0.1) is 12.2 Å². The molecule has 1 heterocycles. The summed E-state index contributed by atoms with van der Waals surface area (Å²) in [5.41, 5.74) is 1.15. The number of rotatable bonds is 6. The van der Waals surface area contributed by atoms with Gasteiger partial charge in [0, 0.05) is 41.4 Å². The van der Waals surface area contributed by atoms with Crippen LogP contribution in [0.15, 0.2) is 57.7 Å². The Labute approximate surface area is 177 Å². The number of esters is 1. The maximum absolute atomic E-state index is 12.4. The number of anilines is 2. The van der Waals surface area contributed by atoms with Crippen molar-refractivity contribution in [3.8, 4) is 0 Å². The molecule has 0 fully saturated rings. The Hall–Kier alpha value is -4.14. The summed E-state index contributed by atoms with van der Waals surface area (Å²) >= 11 is 0. The van der Waals surface area contributed by atoms with Gasteiger partial charge in [-0.15, -0.1) is 0 Å². The van der Waals surface area contributed by atoms with E-state index in [0.29, 0.717) is 22.3 Å². The highest BCUT2D eigenvalue weighted by Gasteiger charge is 2.13. The highest BCUT2D eigenvalue weighted by molar-refractivity contribution is 5.94. The third-order valence-corrected chi connectivity index (χ3v) is 4.13. The largest absolute Gasteiger partial charge is 0.457 e. The van der Waals surface area contributed by atoms with Crippen molar-refractivity contribution in [3.05, 3.63) is 70.1 Å². The molecule has 160 valence electrons. The number of nitrogens with one attached hydrogen (secondary N) is 2. The Balaban J connectivity index is 1.78. The van der Waals surface area contributed by atoms with Crippen molar-refractivity contribution < 1.29 is 28.3 Å². The van der Waals surface area contributed by atoms with Crippen LogP contribution in [0.4, 0.5) is 16.2 Å². The Bertz CT molecular complexity index is 1200. The molecule has 0 aliphatic carbocycles. The summed E-state index contributed by atoms with van der Waals surface area (Å²) in [6, 6.07) is 12.3. The van der Waals surface area contributed by atoms with E-state index in [1.165, 1.54) is 25.1 Å². The van der Waals surface area contributed by atoms with Gasteiger partial charge >= 0.3 is 17.7 Å². The van der Waals surface area contributed by atoms with E-state index in [4.69, 9.17) is 13.9 Å². The summed E-state index contributed by atoms with van der Waals surface area (Å²) in [6.45, 7) is 3.10. The Morgan fingerprint density at radius 3 is 2.48 bits per heavy atom. The van der Waals surface area contributed by atoms with Gasteiger partial charge in [-0.25, -0.2) is 14.4 Å². The number of amides is 2. The summed E-state index contributed by atoms with van der Waals surface area (Å²) in [5, 5.41) is 5.67. The lowest BCUT2D eigenvalue weighted by atomic mass is 10.1. The van der Waals surface area contributed by atoms with Crippen molar-refractivity contribution in [1.29, 1.82) is 0 Å². The molecule has 2 aromatic carbocycles. The van der Waals surface area contributed by atoms with Crippen molar-refractivity contribution in [2.24, 2.45) is 0 Å². The Morgan fingerprint density at radius 2 is 1.74 bits per heavy atom. The molecule has 0 unspecified atom stereocenters. The van der Waals surface area contributed by atoms with Crippen molar-refractivity contribution in [2.75, 3.05) is 17.2 Å². The maximum Gasteiger partial charge on any atom is 0.411 e. The number of carbonyl (C=O) groups is 3. The first-order valence-corrected chi connectivity index (χ1v) is 9.41. The fraction of sp³-hybridized carbons (Fsp3) is 0.182. The fourth-order valence-electron chi connectivity index (χ4n) is 2.87. The minimum Gasteiger partial charge on any atom is -0.457 e. The quantitative estimate of drug-likeness (QED) is 0.457. The van der Waals surface area contributed by atoms with E-state index in [1.54, 1.807) is 37.3 Å². The second-order valence-corrected chi connectivity index (χ2v) is 6.49. The molecule has 2 amide bonds. The molecular weight excluding hydrogens is 404 g/mol. The molecule has 0 saturated heterocycles. The molecule has 9 nitrogen and oxygen atoms in total. The van der Waals surface area contributed by atoms with E-state index in [2.05, 4.69) is 10.6 Å². The molecule has 0 aliphatic heterocycles. The van der Waals surface area contributed by atoms with Crippen LogP contribution in [-0.4, -0.2) is 24.6 Å².